The van der Waals surface area contributed by atoms with E-state index in [0.29, 0.717) is 0 Å². The molecule has 0 aliphatic carbocycles. The van der Waals surface area contributed by atoms with Gasteiger partial charge in [-0.05, 0) is 31.3 Å². The monoisotopic (exact) mass is 174 g/mol. The summed E-state index contributed by atoms with van der Waals surface area (Å²) in [6.07, 6.45) is 1.93. The van der Waals surface area contributed by atoms with E-state index in [-0.39, 0.29) is 11.4 Å². The summed E-state index contributed by atoms with van der Waals surface area (Å²) in [5, 5.41) is 0. The SMILES string of the molecule is COC(=O)C1(C)CCSCC1. The maximum atomic E-state index is 11.3. The highest BCUT2D eigenvalue weighted by Crippen LogP contribution is 2.35. The van der Waals surface area contributed by atoms with Gasteiger partial charge in [-0.1, -0.05) is 0 Å². The first-order valence-corrected chi connectivity index (χ1v) is 5.01. The summed E-state index contributed by atoms with van der Waals surface area (Å²) in [7, 11) is 1.47. The fourth-order valence-electron chi connectivity index (χ4n) is 1.27. The Hall–Kier alpha value is -0.180. The molecule has 0 N–H and O–H groups in total. The minimum Gasteiger partial charge on any atom is -0.469 e. The minimum atomic E-state index is -0.194. The fraction of sp³-hybridized carbons (Fsp3) is 0.875. The molecule has 64 valence electrons. The highest BCUT2D eigenvalue weighted by atomic mass is 32.2. The van der Waals surface area contributed by atoms with E-state index in [4.69, 9.17) is 4.74 Å². The van der Waals surface area contributed by atoms with Crippen molar-refractivity contribution in [2.75, 3.05) is 18.6 Å². The molecule has 1 rings (SSSR count). The lowest BCUT2D eigenvalue weighted by molar-refractivity contribution is -0.152. The van der Waals surface area contributed by atoms with Gasteiger partial charge in [-0.3, -0.25) is 4.79 Å². The van der Waals surface area contributed by atoms with Gasteiger partial charge in [0.15, 0.2) is 0 Å². The molecule has 11 heavy (non-hydrogen) atoms. The summed E-state index contributed by atoms with van der Waals surface area (Å²) in [4.78, 5) is 11.3. The molecule has 1 aliphatic heterocycles. The molecule has 0 aromatic heterocycles. The zero-order valence-electron chi connectivity index (χ0n) is 7.05. The Bertz CT molecular complexity index is 150. The van der Waals surface area contributed by atoms with E-state index in [1.165, 1.54) is 7.11 Å². The first-order chi connectivity index (χ1) is 5.19. The fourth-order valence-corrected chi connectivity index (χ4v) is 2.67. The minimum absolute atomic E-state index is 0.0437. The van der Waals surface area contributed by atoms with Crippen LogP contribution in [0.25, 0.3) is 0 Å². The number of esters is 1. The first kappa shape index (κ1) is 8.91. The molecule has 0 aromatic rings. The van der Waals surface area contributed by atoms with E-state index in [9.17, 15) is 4.79 Å². The molecular formula is C8H14O2S. The lowest BCUT2D eigenvalue weighted by Gasteiger charge is -2.29. The number of ether oxygens (including phenoxy) is 1. The molecule has 0 unspecified atom stereocenters. The van der Waals surface area contributed by atoms with Crippen LogP contribution < -0.4 is 0 Å². The molecule has 1 heterocycles. The summed E-state index contributed by atoms with van der Waals surface area (Å²) in [5.41, 5.74) is -0.194. The number of carbonyl (C=O) groups excluding carboxylic acids is 1. The Balaban J connectivity index is 2.56. The number of rotatable bonds is 1. The maximum absolute atomic E-state index is 11.3. The van der Waals surface area contributed by atoms with Crippen LogP contribution in [0.3, 0.4) is 0 Å². The molecule has 3 heteroatoms. The molecule has 0 radical (unpaired) electrons. The maximum Gasteiger partial charge on any atom is 0.311 e. The summed E-state index contributed by atoms with van der Waals surface area (Å²) in [6, 6.07) is 0. The van der Waals surface area contributed by atoms with Gasteiger partial charge < -0.3 is 4.74 Å². The second kappa shape index (κ2) is 3.48. The predicted octanol–water partition coefficient (Wildman–Crippen LogP) is 1.69. The zero-order chi connectivity index (χ0) is 8.32. The summed E-state index contributed by atoms with van der Waals surface area (Å²) in [5.74, 6) is 2.13. The van der Waals surface area contributed by atoms with Gasteiger partial charge in [-0.2, -0.15) is 11.8 Å². The molecule has 1 saturated heterocycles. The number of methoxy groups -OCH3 is 1. The highest BCUT2D eigenvalue weighted by molar-refractivity contribution is 7.99. The van der Waals surface area contributed by atoms with Crippen LogP contribution in [0.4, 0.5) is 0 Å². The van der Waals surface area contributed by atoms with E-state index in [1.54, 1.807) is 0 Å². The Morgan fingerprint density at radius 3 is 2.45 bits per heavy atom. The largest absolute Gasteiger partial charge is 0.469 e. The van der Waals surface area contributed by atoms with E-state index in [0.717, 1.165) is 24.3 Å². The molecular weight excluding hydrogens is 160 g/mol. The number of carbonyl (C=O) groups is 1. The van der Waals surface area contributed by atoms with Crippen LogP contribution in [0.2, 0.25) is 0 Å². The first-order valence-electron chi connectivity index (χ1n) is 3.85. The van der Waals surface area contributed by atoms with Gasteiger partial charge in [-0.25, -0.2) is 0 Å². The van der Waals surface area contributed by atoms with Crippen molar-refractivity contribution in [1.29, 1.82) is 0 Å². The molecule has 0 amide bonds. The summed E-state index contributed by atoms with van der Waals surface area (Å²) >= 11 is 1.92. The lowest BCUT2D eigenvalue weighted by Crippen LogP contribution is -2.32. The van der Waals surface area contributed by atoms with Gasteiger partial charge in [0.25, 0.3) is 0 Å². The van der Waals surface area contributed by atoms with Gasteiger partial charge in [0.1, 0.15) is 0 Å². The van der Waals surface area contributed by atoms with Crippen molar-refractivity contribution < 1.29 is 9.53 Å². The van der Waals surface area contributed by atoms with E-state index < -0.39 is 0 Å². The average Bonchev–Trinajstić information content (AvgIpc) is 2.04. The number of hydrogen-bond donors (Lipinski definition) is 0. The smallest absolute Gasteiger partial charge is 0.311 e. The molecule has 0 aromatic carbocycles. The third-order valence-electron chi connectivity index (χ3n) is 2.27. The Morgan fingerprint density at radius 2 is 2.00 bits per heavy atom. The highest BCUT2D eigenvalue weighted by Gasteiger charge is 2.35. The van der Waals surface area contributed by atoms with Crippen molar-refractivity contribution in [3.05, 3.63) is 0 Å². The van der Waals surface area contributed by atoms with Crippen molar-refractivity contribution in [3.63, 3.8) is 0 Å². The molecule has 0 bridgehead atoms. The quantitative estimate of drug-likeness (QED) is 0.566. The summed E-state index contributed by atoms with van der Waals surface area (Å²) < 4.78 is 4.74. The van der Waals surface area contributed by atoms with Crippen molar-refractivity contribution in [3.8, 4) is 0 Å². The number of hydrogen-bond acceptors (Lipinski definition) is 3. The van der Waals surface area contributed by atoms with Crippen molar-refractivity contribution in [1.82, 2.24) is 0 Å². The van der Waals surface area contributed by atoms with Crippen molar-refractivity contribution >= 4 is 17.7 Å². The third-order valence-corrected chi connectivity index (χ3v) is 3.26. The topological polar surface area (TPSA) is 26.3 Å². The van der Waals surface area contributed by atoms with Crippen LogP contribution in [0.1, 0.15) is 19.8 Å². The third kappa shape index (κ3) is 1.89. The van der Waals surface area contributed by atoms with Gasteiger partial charge in [0.2, 0.25) is 0 Å². The van der Waals surface area contributed by atoms with Crippen LogP contribution in [0.15, 0.2) is 0 Å². The van der Waals surface area contributed by atoms with Crippen molar-refractivity contribution in [2.24, 2.45) is 5.41 Å². The summed E-state index contributed by atoms with van der Waals surface area (Å²) in [6.45, 7) is 2.00. The molecule has 0 saturated carbocycles. The molecule has 1 fully saturated rings. The predicted molar refractivity (Wildman–Crippen MR) is 46.7 cm³/mol. The van der Waals surface area contributed by atoms with Gasteiger partial charge in [0, 0.05) is 0 Å². The number of thioether (sulfide) groups is 1. The standard InChI is InChI=1S/C8H14O2S/c1-8(7(9)10-2)3-5-11-6-4-8/h3-6H2,1-2H3. The second-order valence-corrected chi connectivity index (χ2v) is 4.39. The molecule has 1 aliphatic rings. The lowest BCUT2D eigenvalue weighted by atomic mass is 9.84. The molecule has 2 nitrogen and oxygen atoms in total. The zero-order valence-corrected chi connectivity index (χ0v) is 7.87. The van der Waals surface area contributed by atoms with Crippen LogP contribution in [0, 0.1) is 5.41 Å². The Labute approximate surface area is 71.7 Å². The van der Waals surface area contributed by atoms with Gasteiger partial charge >= 0.3 is 5.97 Å². The van der Waals surface area contributed by atoms with Gasteiger partial charge in [-0.15, -0.1) is 0 Å². The van der Waals surface area contributed by atoms with Crippen LogP contribution in [0.5, 0.6) is 0 Å². The molecule has 0 atom stereocenters. The van der Waals surface area contributed by atoms with Crippen LogP contribution in [-0.4, -0.2) is 24.6 Å². The Kier molecular flexibility index (Phi) is 2.82. The average molecular weight is 174 g/mol. The van der Waals surface area contributed by atoms with E-state index >= 15 is 0 Å². The van der Waals surface area contributed by atoms with E-state index in [2.05, 4.69) is 0 Å². The van der Waals surface area contributed by atoms with E-state index in [1.807, 2.05) is 18.7 Å². The van der Waals surface area contributed by atoms with Crippen molar-refractivity contribution in [2.45, 2.75) is 19.8 Å². The Morgan fingerprint density at radius 1 is 1.45 bits per heavy atom. The molecule has 0 spiro atoms. The second-order valence-electron chi connectivity index (χ2n) is 3.16. The van der Waals surface area contributed by atoms with Crippen LogP contribution >= 0.6 is 11.8 Å². The normalized spacial score (nSPS) is 22.7. The van der Waals surface area contributed by atoms with Crippen LogP contribution in [-0.2, 0) is 9.53 Å². The van der Waals surface area contributed by atoms with Gasteiger partial charge in [0.05, 0.1) is 12.5 Å².